The lowest BCUT2D eigenvalue weighted by Crippen LogP contribution is -2.35. The van der Waals surface area contributed by atoms with Crippen molar-refractivity contribution < 1.29 is 0 Å². The largest absolute Gasteiger partial charge is 0.0987 e. The molecule has 1 aliphatic carbocycles. The molecule has 0 amide bonds. The Morgan fingerprint density at radius 2 is 1.48 bits per heavy atom. The van der Waals surface area contributed by atoms with Gasteiger partial charge in [0.15, 0.2) is 0 Å². The molecule has 2 unspecified atom stereocenters. The molecule has 126 valence electrons. The minimum Gasteiger partial charge on any atom is -0.0690 e. The zero-order chi connectivity index (χ0) is 17.3. The summed E-state index contributed by atoms with van der Waals surface area (Å²) in [5.41, 5.74) is 7.61. The molecule has 0 aliphatic heterocycles. The number of hydrogen-bond acceptors (Lipinski definition) is 0. The maximum Gasteiger partial charge on any atom is 0.0987 e. The van der Waals surface area contributed by atoms with E-state index in [1.165, 1.54) is 23.6 Å². The van der Waals surface area contributed by atoms with Gasteiger partial charge in [0.1, 0.15) is 0 Å². The van der Waals surface area contributed by atoms with Crippen molar-refractivity contribution in [1.82, 2.24) is 0 Å². The Morgan fingerprint density at radius 3 is 1.91 bits per heavy atom. The van der Waals surface area contributed by atoms with Gasteiger partial charge in [-0.25, -0.2) is 0 Å². The molecule has 0 spiro atoms. The van der Waals surface area contributed by atoms with Crippen molar-refractivity contribution >= 4 is 14.0 Å². The van der Waals surface area contributed by atoms with Crippen molar-refractivity contribution in [3.63, 3.8) is 0 Å². The van der Waals surface area contributed by atoms with Crippen LogP contribution in [0.1, 0.15) is 59.1 Å². The SMILES string of the molecule is CC1=C(C)C(C)C([SiH](CCC(C)C)c2cc(C)cc(C)c2)=C1C. The Kier molecular flexibility index (Phi) is 5.73. The van der Waals surface area contributed by atoms with E-state index in [1.807, 2.05) is 5.20 Å². The van der Waals surface area contributed by atoms with Crippen molar-refractivity contribution in [2.45, 2.75) is 67.9 Å². The van der Waals surface area contributed by atoms with Crippen molar-refractivity contribution in [2.24, 2.45) is 11.8 Å². The number of benzene rings is 1. The Morgan fingerprint density at radius 1 is 0.913 bits per heavy atom. The standard InChI is InChI=1S/C22H34Si/c1-14(2)9-10-23(21-12-15(3)11-16(4)13-21)22-19(7)17(5)18(6)20(22)8/h11-14,19,23H,9-10H2,1-8H3. The van der Waals surface area contributed by atoms with Gasteiger partial charge >= 0.3 is 0 Å². The summed E-state index contributed by atoms with van der Waals surface area (Å²) < 4.78 is 0. The maximum absolute atomic E-state index is 2.47. The molecule has 0 bridgehead atoms. The molecule has 0 radical (unpaired) electrons. The molecule has 1 aliphatic rings. The first-order valence-corrected chi connectivity index (χ1v) is 11.2. The van der Waals surface area contributed by atoms with E-state index in [0.29, 0.717) is 5.92 Å². The highest BCUT2D eigenvalue weighted by molar-refractivity contribution is 6.80. The van der Waals surface area contributed by atoms with Crippen LogP contribution in [0.5, 0.6) is 0 Å². The second kappa shape index (κ2) is 7.21. The molecule has 0 fully saturated rings. The molecule has 0 nitrogen and oxygen atoms in total. The predicted octanol–water partition coefficient (Wildman–Crippen LogP) is 5.63. The van der Waals surface area contributed by atoms with E-state index in [4.69, 9.17) is 0 Å². The molecule has 2 atom stereocenters. The molecule has 0 saturated heterocycles. The van der Waals surface area contributed by atoms with Crippen LogP contribution in [0, 0.1) is 25.7 Å². The first kappa shape index (κ1) is 18.3. The van der Waals surface area contributed by atoms with Gasteiger partial charge in [-0.2, -0.15) is 0 Å². The summed E-state index contributed by atoms with van der Waals surface area (Å²) in [6.07, 6.45) is 1.35. The molecule has 1 aromatic rings. The Hall–Kier alpha value is -1.08. The molecule has 0 heterocycles. The lowest BCUT2D eigenvalue weighted by Gasteiger charge is -2.25. The molecule has 0 N–H and O–H groups in total. The van der Waals surface area contributed by atoms with Gasteiger partial charge in [0, 0.05) is 0 Å². The first-order chi connectivity index (χ1) is 10.7. The number of aryl methyl sites for hydroxylation is 2. The Labute approximate surface area is 145 Å². The molecular formula is C22H34Si. The third kappa shape index (κ3) is 3.88. The van der Waals surface area contributed by atoms with Gasteiger partial charge in [-0.1, -0.05) is 84.1 Å². The van der Waals surface area contributed by atoms with Gasteiger partial charge < -0.3 is 0 Å². The van der Waals surface area contributed by atoms with E-state index in [0.717, 1.165) is 5.92 Å². The average Bonchev–Trinajstić information content (AvgIpc) is 2.64. The van der Waals surface area contributed by atoms with Gasteiger partial charge in [-0.05, 0) is 52.0 Å². The summed E-state index contributed by atoms with van der Waals surface area (Å²) in [6.45, 7) is 18.7. The summed E-state index contributed by atoms with van der Waals surface area (Å²) >= 11 is 0. The maximum atomic E-state index is 2.47. The summed E-state index contributed by atoms with van der Waals surface area (Å²) in [6, 6.07) is 8.66. The molecule has 1 aromatic carbocycles. The number of hydrogen-bond donors (Lipinski definition) is 0. The quantitative estimate of drug-likeness (QED) is 0.616. The summed E-state index contributed by atoms with van der Waals surface area (Å²) in [5, 5.41) is 3.47. The lowest BCUT2D eigenvalue weighted by molar-refractivity contribution is 0.622. The van der Waals surface area contributed by atoms with E-state index in [-0.39, 0.29) is 0 Å². The highest BCUT2D eigenvalue weighted by Crippen LogP contribution is 2.39. The Balaban J connectivity index is 2.47. The van der Waals surface area contributed by atoms with E-state index >= 15 is 0 Å². The van der Waals surface area contributed by atoms with Gasteiger partial charge in [0.05, 0.1) is 8.80 Å². The molecule has 2 rings (SSSR count). The van der Waals surface area contributed by atoms with Gasteiger partial charge in [0.25, 0.3) is 0 Å². The van der Waals surface area contributed by atoms with Crippen LogP contribution < -0.4 is 5.19 Å². The van der Waals surface area contributed by atoms with Crippen LogP contribution in [0.2, 0.25) is 6.04 Å². The molecular weight excluding hydrogens is 292 g/mol. The van der Waals surface area contributed by atoms with Crippen LogP contribution in [-0.4, -0.2) is 8.80 Å². The van der Waals surface area contributed by atoms with Gasteiger partial charge in [-0.3, -0.25) is 0 Å². The van der Waals surface area contributed by atoms with Crippen molar-refractivity contribution in [2.75, 3.05) is 0 Å². The highest BCUT2D eigenvalue weighted by atomic mass is 28.3. The van der Waals surface area contributed by atoms with E-state index in [2.05, 4.69) is 73.6 Å². The summed E-state index contributed by atoms with van der Waals surface area (Å²) in [4.78, 5) is 0. The fraction of sp³-hybridized carbons (Fsp3) is 0.545. The smallest absolute Gasteiger partial charge is 0.0690 e. The Bertz CT molecular complexity index is 626. The minimum atomic E-state index is -1.11. The monoisotopic (exact) mass is 326 g/mol. The minimum absolute atomic E-state index is 0.652. The second-order valence-corrected chi connectivity index (χ2v) is 11.0. The van der Waals surface area contributed by atoms with E-state index in [1.54, 1.807) is 21.9 Å². The number of rotatable bonds is 5. The fourth-order valence-electron chi connectivity index (χ4n) is 4.17. The van der Waals surface area contributed by atoms with Crippen LogP contribution in [-0.2, 0) is 0 Å². The number of allylic oxidation sites excluding steroid dienone is 4. The highest BCUT2D eigenvalue weighted by Gasteiger charge is 2.31. The van der Waals surface area contributed by atoms with Crippen molar-refractivity contribution in [3.8, 4) is 0 Å². The van der Waals surface area contributed by atoms with Crippen LogP contribution in [0.15, 0.2) is 40.1 Å². The first-order valence-electron chi connectivity index (χ1n) is 9.19. The topological polar surface area (TPSA) is 0 Å². The molecule has 1 heteroatoms. The van der Waals surface area contributed by atoms with Crippen LogP contribution in [0.4, 0.5) is 0 Å². The lowest BCUT2D eigenvalue weighted by atomic mass is 10.1. The average molecular weight is 327 g/mol. The van der Waals surface area contributed by atoms with Gasteiger partial charge in [0.2, 0.25) is 0 Å². The fourth-order valence-corrected chi connectivity index (χ4v) is 8.70. The third-order valence-corrected chi connectivity index (χ3v) is 9.49. The van der Waals surface area contributed by atoms with E-state index in [9.17, 15) is 0 Å². The summed E-state index contributed by atoms with van der Waals surface area (Å²) in [7, 11) is -1.11. The van der Waals surface area contributed by atoms with Crippen LogP contribution in [0.25, 0.3) is 0 Å². The van der Waals surface area contributed by atoms with Crippen LogP contribution in [0.3, 0.4) is 0 Å². The zero-order valence-electron chi connectivity index (χ0n) is 16.4. The second-order valence-electron chi connectivity index (χ2n) is 8.05. The molecule has 0 saturated carbocycles. The van der Waals surface area contributed by atoms with Gasteiger partial charge in [-0.15, -0.1) is 0 Å². The summed E-state index contributed by atoms with van der Waals surface area (Å²) in [5.74, 6) is 1.45. The molecule has 0 aromatic heterocycles. The van der Waals surface area contributed by atoms with Crippen LogP contribution >= 0.6 is 0 Å². The predicted molar refractivity (Wildman–Crippen MR) is 107 cm³/mol. The zero-order valence-corrected chi connectivity index (χ0v) is 17.5. The van der Waals surface area contributed by atoms with Crippen molar-refractivity contribution in [3.05, 3.63) is 51.2 Å². The molecule has 23 heavy (non-hydrogen) atoms. The van der Waals surface area contributed by atoms with Crippen molar-refractivity contribution in [1.29, 1.82) is 0 Å². The third-order valence-electron chi connectivity index (χ3n) is 5.76. The van der Waals surface area contributed by atoms with E-state index < -0.39 is 8.80 Å². The normalized spacial score (nSPS) is 20.0.